The fourth-order valence-electron chi connectivity index (χ4n) is 2.58. The van der Waals surface area contributed by atoms with E-state index in [1.807, 2.05) is 0 Å². The molecule has 3 N–H and O–H groups in total. The zero-order valence-electron chi connectivity index (χ0n) is 15.1. The number of rotatable bonds is 6. The summed E-state index contributed by atoms with van der Waals surface area (Å²) in [4.78, 5) is 14.1. The smallest absolute Gasteiger partial charge is 0.433 e. The molecule has 3 rings (SSSR count). The highest BCUT2D eigenvalue weighted by molar-refractivity contribution is 5.84. The number of aliphatic hydroxyl groups excluding tert-OH is 2. The quantitative estimate of drug-likeness (QED) is 0.593. The Kier molecular flexibility index (Phi) is 6.34. The molecule has 1 aliphatic heterocycles. The van der Waals surface area contributed by atoms with E-state index in [9.17, 15) is 28.2 Å². The van der Waals surface area contributed by atoms with Crippen LogP contribution in [-0.4, -0.2) is 74.1 Å². The Balaban J connectivity index is 1.57. The molecule has 0 unspecified atom stereocenters. The summed E-state index contributed by atoms with van der Waals surface area (Å²) in [7, 11) is 0. The summed E-state index contributed by atoms with van der Waals surface area (Å²) in [6, 6.07) is 5.49. The van der Waals surface area contributed by atoms with Gasteiger partial charge >= 0.3 is 12.1 Å². The van der Waals surface area contributed by atoms with Crippen LogP contribution in [0.4, 0.5) is 13.2 Å². The fraction of sp³-hybridized carbons (Fsp3) is 0.412. The predicted octanol–water partition coefficient (Wildman–Crippen LogP) is 0.536. The molecular weight excluding hydrogens is 415 g/mol. The monoisotopic (exact) mass is 431 g/mol. The van der Waals surface area contributed by atoms with E-state index < -0.39 is 42.3 Å². The summed E-state index contributed by atoms with van der Waals surface area (Å²) in [5.74, 6) is -1.67. The molecule has 0 saturated carbocycles. The molecule has 13 heteroatoms. The normalized spacial score (nSPS) is 24.3. The average Bonchev–Trinajstić information content (AvgIpc) is 2.71. The first-order chi connectivity index (χ1) is 14.1. The number of aromatic carboxylic acids is 1. The summed E-state index contributed by atoms with van der Waals surface area (Å²) in [5.41, 5.74) is -1.44. The van der Waals surface area contributed by atoms with Crippen molar-refractivity contribution in [3.8, 4) is 11.8 Å². The minimum Gasteiger partial charge on any atom is -0.476 e. The van der Waals surface area contributed by atoms with Crippen LogP contribution in [0.15, 0.2) is 30.3 Å². The maximum Gasteiger partial charge on any atom is 0.433 e. The molecule has 2 aromatic rings. The zero-order valence-corrected chi connectivity index (χ0v) is 15.1. The van der Waals surface area contributed by atoms with Crippen molar-refractivity contribution in [2.24, 2.45) is 0 Å². The molecule has 1 fully saturated rings. The second-order valence-electron chi connectivity index (χ2n) is 6.24. The molecule has 3 heterocycles. The van der Waals surface area contributed by atoms with Crippen LogP contribution in [-0.2, 0) is 10.9 Å². The minimum absolute atomic E-state index is 0.0307. The van der Waals surface area contributed by atoms with Gasteiger partial charge in [0.25, 0.3) is 0 Å². The molecule has 4 atom stereocenters. The van der Waals surface area contributed by atoms with E-state index >= 15 is 0 Å². The lowest BCUT2D eigenvalue weighted by atomic mass is 10.0. The van der Waals surface area contributed by atoms with Crippen molar-refractivity contribution >= 4 is 5.97 Å². The van der Waals surface area contributed by atoms with Crippen LogP contribution in [0, 0.1) is 0 Å². The van der Waals surface area contributed by atoms with Gasteiger partial charge in [-0.25, -0.2) is 9.78 Å². The average molecular weight is 431 g/mol. The van der Waals surface area contributed by atoms with E-state index in [0.29, 0.717) is 0 Å². The third-order valence-electron chi connectivity index (χ3n) is 4.13. The van der Waals surface area contributed by atoms with E-state index in [2.05, 4.69) is 15.2 Å². The SMILES string of the molecule is O=C(O)c1ccc(OC[C@H]2OC[C@H](Oc3cccc(C(F)(F)F)n3)[C@@H](O)[C@H]2O)nn1. The van der Waals surface area contributed by atoms with Gasteiger partial charge in [0.15, 0.2) is 11.8 Å². The van der Waals surface area contributed by atoms with Crippen molar-refractivity contribution in [2.45, 2.75) is 30.6 Å². The molecule has 2 aromatic heterocycles. The molecular formula is C17H16F3N3O7. The molecule has 10 nitrogen and oxygen atoms in total. The molecule has 30 heavy (non-hydrogen) atoms. The highest BCUT2D eigenvalue weighted by Gasteiger charge is 2.41. The van der Waals surface area contributed by atoms with E-state index in [4.69, 9.17) is 19.3 Å². The third kappa shape index (κ3) is 5.11. The lowest BCUT2D eigenvalue weighted by Gasteiger charge is -2.37. The van der Waals surface area contributed by atoms with Crippen LogP contribution in [0.2, 0.25) is 0 Å². The summed E-state index contributed by atoms with van der Waals surface area (Å²) < 4.78 is 54.1. The Hall–Kier alpha value is -3.03. The summed E-state index contributed by atoms with van der Waals surface area (Å²) >= 11 is 0. The van der Waals surface area contributed by atoms with Crippen LogP contribution in [0.3, 0.4) is 0 Å². The number of hydrogen-bond donors (Lipinski definition) is 3. The number of carboxylic acids is 1. The number of aliphatic hydroxyl groups is 2. The van der Waals surface area contributed by atoms with Gasteiger partial charge < -0.3 is 29.5 Å². The lowest BCUT2D eigenvalue weighted by molar-refractivity contribution is -0.187. The van der Waals surface area contributed by atoms with Crippen LogP contribution in [0.5, 0.6) is 11.8 Å². The van der Waals surface area contributed by atoms with Gasteiger partial charge in [-0.2, -0.15) is 13.2 Å². The van der Waals surface area contributed by atoms with E-state index in [0.717, 1.165) is 12.1 Å². The van der Waals surface area contributed by atoms with Crippen LogP contribution in [0.25, 0.3) is 0 Å². The first-order valence-corrected chi connectivity index (χ1v) is 8.53. The number of halogens is 3. The summed E-state index contributed by atoms with van der Waals surface area (Å²) in [5, 5.41) is 36.2. The van der Waals surface area contributed by atoms with E-state index in [1.165, 1.54) is 18.2 Å². The second-order valence-corrected chi connectivity index (χ2v) is 6.24. The van der Waals surface area contributed by atoms with Crippen molar-refractivity contribution in [1.29, 1.82) is 0 Å². The number of carbonyl (C=O) groups is 1. The number of pyridine rings is 1. The number of aromatic nitrogens is 3. The molecule has 0 bridgehead atoms. The second kappa shape index (κ2) is 8.77. The Labute approximate surface area is 166 Å². The Morgan fingerprint density at radius 1 is 1.13 bits per heavy atom. The fourth-order valence-corrected chi connectivity index (χ4v) is 2.58. The summed E-state index contributed by atoms with van der Waals surface area (Å²) in [6.45, 7) is -0.512. The maximum absolute atomic E-state index is 12.7. The highest BCUT2D eigenvalue weighted by atomic mass is 19.4. The Morgan fingerprint density at radius 2 is 1.90 bits per heavy atom. The predicted molar refractivity (Wildman–Crippen MR) is 89.9 cm³/mol. The largest absolute Gasteiger partial charge is 0.476 e. The van der Waals surface area contributed by atoms with Crippen molar-refractivity contribution in [2.75, 3.05) is 13.2 Å². The van der Waals surface area contributed by atoms with Crippen LogP contribution >= 0.6 is 0 Å². The van der Waals surface area contributed by atoms with Gasteiger partial charge in [0, 0.05) is 12.1 Å². The molecule has 1 saturated heterocycles. The third-order valence-corrected chi connectivity index (χ3v) is 4.13. The highest BCUT2D eigenvalue weighted by Crippen LogP contribution is 2.29. The van der Waals surface area contributed by atoms with E-state index in [1.54, 1.807) is 0 Å². The van der Waals surface area contributed by atoms with Gasteiger partial charge in [0.1, 0.15) is 30.6 Å². The zero-order chi connectivity index (χ0) is 21.9. The molecule has 0 aromatic carbocycles. The molecule has 0 amide bonds. The first kappa shape index (κ1) is 21.7. The van der Waals surface area contributed by atoms with Gasteiger partial charge in [-0.05, 0) is 12.1 Å². The Bertz CT molecular complexity index is 882. The number of nitrogens with zero attached hydrogens (tertiary/aromatic N) is 3. The van der Waals surface area contributed by atoms with Gasteiger partial charge in [0.05, 0.1) is 6.61 Å². The van der Waals surface area contributed by atoms with Crippen LogP contribution in [0.1, 0.15) is 16.2 Å². The van der Waals surface area contributed by atoms with E-state index in [-0.39, 0.29) is 30.7 Å². The topological polar surface area (TPSA) is 144 Å². The van der Waals surface area contributed by atoms with Crippen molar-refractivity contribution in [1.82, 2.24) is 15.2 Å². The van der Waals surface area contributed by atoms with Crippen molar-refractivity contribution in [3.05, 3.63) is 41.7 Å². The van der Waals surface area contributed by atoms with Crippen LogP contribution < -0.4 is 9.47 Å². The van der Waals surface area contributed by atoms with Gasteiger partial charge in [-0.15, -0.1) is 10.2 Å². The molecule has 0 radical (unpaired) electrons. The summed E-state index contributed by atoms with van der Waals surface area (Å²) in [6.07, 6.45) is -9.81. The molecule has 1 aliphatic rings. The Morgan fingerprint density at radius 3 is 2.53 bits per heavy atom. The van der Waals surface area contributed by atoms with Gasteiger partial charge in [0.2, 0.25) is 11.8 Å². The van der Waals surface area contributed by atoms with Crippen molar-refractivity contribution in [3.63, 3.8) is 0 Å². The number of hydrogen-bond acceptors (Lipinski definition) is 9. The standard InChI is InChI=1S/C17H16F3N3O7/c18-17(19,20)11-2-1-3-12(21-11)30-10-7-28-9(14(24)15(10)25)6-29-13-5-4-8(16(26)27)22-23-13/h1-5,9-10,14-15,24-25H,6-7H2,(H,26,27)/t9-,10+,14+,15-/m1/s1. The van der Waals surface area contributed by atoms with Crippen molar-refractivity contribution < 1.29 is 47.5 Å². The molecule has 0 aliphatic carbocycles. The number of ether oxygens (including phenoxy) is 3. The maximum atomic E-state index is 12.7. The minimum atomic E-state index is -4.66. The van der Waals surface area contributed by atoms with Gasteiger partial charge in [-0.3, -0.25) is 0 Å². The van der Waals surface area contributed by atoms with Gasteiger partial charge in [-0.1, -0.05) is 6.07 Å². The lowest BCUT2D eigenvalue weighted by Crippen LogP contribution is -2.56. The number of carboxylic acid groups (broad SMARTS) is 1. The number of alkyl halides is 3. The first-order valence-electron chi connectivity index (χ1n) is 8.53. The molecule has 0 spiro atoms. The molecule has 162 valence electrons.